The van der Waals surface area contributed by atoms with Crippen LogP contribution in [0.1, 0.15) is 44.1 Å². The maximum atomic E-state index is 13.4. The molecule has 3 rings (SSSR count). The second-order valence-corrected chi connectivity index (χ2v) is 6.18. The van der Waals surface area contributed by atoms with Crippen LogP contribution in [0.4, 0.5) is 4.39 Å². The summed E-state index contributed by atoms with van der Waals surface area (Å²) in [6.45, 7) is 0.493. The van der Waals surface area contributed by atoms with Crippen LogP contribution in [0.25, 0.3) is 0 Å². The van der Waals surface area contributed by atoms with Crippen LogP contribution in [-0.4, -0.2) is 18.3 Å². The highest BCUT2D eigenvalue weighted by atomic mass is 35.5. The first-order valence-corrected chi connectivity index (χ1v) is 7.89. The Hall–Kier alpha value is -0.800. The number of halogens is 2. The van der Waals surface area contributed by atoms with E-state index in [0.29, 0.717) is 12.4 Å². The Morgan fingerprint density at radius 1 is 1.25 bits per heavy atom. The highest BCUT2D eigenvalue weighted by Crippen LogP contribution is 2.43. The minimum Gasteiger partial charge on any atom is -0.491 e. The molecule has 1 spiro atoms. The molecule has 0 amide bonds. The summed E-state index contributed by atoms with van der Waals surface area (Å²) in [5.41, 5.74) is 0.860. The molecule has 1 aliphatic heterocycles. The summed E-state index contributed by atoms with van der Waals surface area (Å²) in [4.78, 5) is 0. The van der Waals surface area contributed by atoms with E-state index in [1.165, 1.54) is 37.8 Å². The monoisotopic (exact) mass is 298 g/mol. The standard InChI is InChI=1S/C16H20ClFO2/c17-10-12-7-13(18)9-15(8-12)19-11-14-3-6-16(20-14)4-1-2-5-16/h7-9,14H,1-6,10-11H2. The molecule has 1 aromatic carbocycles. The normalized spacial score (nSPS) is 24.4. The summed E-state index contributed by atoms with van der Waals surface area (Å²) >= 11 is 5.73. The third kappa shape index (κ3) is 3.09. The van der Waals surface area contributed by atoms with E-state index >= 15 is 0 Å². The van der Waals surface area contributed by atoms with Crippen molar-refractivity contribution in [1.82, 2.24) is 0 Å². The van der Waals surface area contributed by atoms with Gasteiger partial charge in [-0.2, -0.15) is 0 Å². The van der Waals surface area contributed by atoms with E-state index in [1.54, 1.807) is 6.07 Å². The van der Waals surface area contributed by atoms with E-state index in [-0.39, 0.29) is 23.4 Å². The molecule has 1 heterocycles. The number of alkyl halides is 1. The lowest BCUT2D eigenvalue weighted by molar-refractivity contribution is -0.0509. The Morgan fingerprint density at radius 2 is 2.05 bits per heavy atom. The van der Waals surface area contributed by atoms with Crippen molar-refractivity contribution in [3.63, 3.8) is 0 Å². The molecule has 1 atom stereocenters. The van der Waals surface area contributed by atoms with E-state index in [1.807, 2.05) is 0 Å². The van der Waals surface area contributed by atoms with Crippen molar-refractivity contribution in [2.24, 2.45) is 0 Å². The molecule has 2 nitrogen and oxygen atoms in total. The molecule has 110 valence electrons. The maximum absolute atomic E-state index is 13.4. The Morgan fingerprint density at radius 3 is 2.80 bits per heavy atom. The SMILES string of the molecule is Fc1cc(CCl)cc(OCC2CCC3(CCCC3)O2)c1. The van der Waals surface area contributed by atoms with Crippen LogP contribution in [0.2, 0.25) is 0 Å². The predicted molar refractivity (Wildman–Crippen MR) is 76.8 cm³/mol. The molecule has 2 aliphatic rings. The third-order valence-corrected chi connectivity index (χ3v) is 4.68. The molecule has 0 bridgehead atoms. The molecular formula is C16H20ClFO2. The second-order valence-electron chi connectivity index (χ2n) is 5.91. The maximum Gasteiger partial charge on any atom is 0.127 e. The molecule has 1 saturated carbocycles. The van der Waals surface area contributed by atoms with Gasteiger partial charge in [0.15, 0.2) is 0 Å². The van der Waals surface area contributed by atoms with Crippen molar-refractivity contribution in [1.29, 1.82) is 0 Å². The minimum absolute atomic E-state index is 0.122. The number of benzene rings is 1. The molecule has 1 aliphatic carbocycles. The van der Waals surface area contributed by atoms with E-state index in [9.17, 15) is 4.39 Å². The third-order valence-electron chi connectivity index (χ3n) is 4.37. The fourth-order valence-corrected chi connectivity index (χ4v) is 3.52. The van der Waals surface area contributed by atoms with Crippen molar-refractivity contribution in [3.05, 3.63) is 29.6 Å². The van der Waals surface area contributed by atoms with Crippen molar-refractivity contribution in [2.45, 2.75) is 56.1 Å². The van der Waals surface area contributed by atoms with Gasteiger partial charge < -0.3 is 9.47 Å². The number of rotatable bonds is 4. The summed E-state index contributed by atoms with van der Waals surface area (Å²) < 4.78 is 25.3. The summed E-state index contributed by atoms with van der Waals surface area (Å²) in [5.74, 6) is 0.520. The molecule has 2 fully saturated rings. The Balaban J connectivity index is 1.56. The quantitative estimate of drug-likeness (QED) is 0.765. The predicted octanol–water partition coefficient (Wildman–Crippen LogP) is 4.44. The molecule has 0 N–H and O–H groups in total. The Bertz CT molecular complexity index is 472. The second kappa shape index (κ2) is 5.90. The molecule has 4 heteroatoms. The van der Waals surface area contributed by atoms with Gasteiger partial charge in [-0.05, 0) is 43.4 Å². The van der Waals surface area contributed by atoms with Crippen LogP contribution >= 0.6 is 11.6 Å². The van der Waals surface area contributed by atoms with E-state index in [0.717, 1.165) is 18.4 Å². The zero-order valence-electron chi connectivity index (χ0n) is 11.5. The van der Waals surface area contributed by atoms with Crippen LogP contribution in [0.5, 0.6) is 5.75 Å². The highest BCUT2D eigenvalue weighted by Gasteiger charge is 2.42. The van der Waals surface area contributed by atoms with Gasteiger partial charge in [0.05, 0.1) is 11.7 Å². The molecule has 1 aromatic rings. The van der Waals surface area contributed by atoms with Crippen molar-refractivity contribution in [3.8, 4) is 5.75 Å². The van der Waals surface area contributed by atoms with E-state index < -0.39 is 0 Å². The Labute approximate surface area is 124 Å². The fourth-order valence-electron chi connectivity index (χ4n) is 3.37. The number of hydrogen-bond acceptors (Lipinski definition) is 2. The first-order valence-electron chi connectivity index (χ1n) is 7.35. The van der Waals surface area contributed by atoms with E-state index in [2.05, 4.69) is 0 Å². The smallest absolute Gasteiger partial charge is 0.127 e. The zero-order valence-corrected chi connectivity index (χ0v) is 12.3. The molecule has 1 unspecified atom stereocenters. The van der Waals surface area contributed by atoms with Crippen molar-refractivity contribution < 1.29 is 13.9 Å². The van der Waals surface area contributed by atoms with Crippen LogP contribution < -0.4 is 4.74 Å². The Kier molecular flexibility index (Phi) is 4.18. The number of hydrogen-bond donors (Lipinski definition) is 0. The largest absolute Gasteiger partial charge is 0.491 e. The van der Waals surface area contributed by atoms with E-state index in [4.69, 9.17) is 21.1 Å². The van der Waals surface area contributed by atoms with Gasteiger partial charge in [-0.3, -0.25) is 0 Å². The highest BCUT2D eigenvalue weighted by molar-refractivity contribution is 6.17. The lowest BCUT2D eigenvalue weighted by atomic mass is 9.98. The first kappa shape index (κ1) is 14.2. The van der Waals surface area contributed by atoms with Gasteiger partial charge in [0.2, 0.25) is 0 Å². The lowest BCUT2D eigenvalue weighted by Crippen LogP contribution is -2.27. The molecule has 20 heavy (non-hydrogen) atoms. The molecule has 0 aromatic heterocycles. The van der Waals surface area contributed by atoms with Gasteiger partial charge in [0, 0.05) is 11.9 Å². The van der Waals surface area contributed by atoms with Crippen LogP contribution in [0.3, 0.4) is 0 Å². The van der Waals surface area contributed by atoms with Gasteiger partial charge in [-0.1, -0.05) is 12.8 Å². The summed E-state index contributed by atoms with van der Waals surface area (Å²) in [6, 6.07) is 4.62. The molecular weight excluding hydrogens is 279 g/mol. The van der Waals surface area contributed by atoms with Gasteiger partial charge in [0.1, 0.15) is 18.2 Å². The van der Waals surface area contributed by atoms with Crippen LogP contribution in [0, 0.1) is 5.82 Å². The number of ether oxygens (including phenoxy) is 2. The molecule has 1 saturated heterocycles. The van der Waals surface area contributed by atoms with Gasteiger partial charge >= 0.3 is 0 Å². The summed E-state index contributed by atoms with van der Waals surface area (Å²) in [7, 11) is 0. The van der Waals surface area contributed by atoms with Gasteiger partial charge in [-0.15, -0.1) is 11.6 Å². The van der Waals surface area contributed by atoms with Crippen LogP contribution in [-0.2, 0) is 10.6 Å². The molecule has 0 radical (unpaired) electrons. The topological polar surface area (TPSA) is 18.5 Å². The van der Waals surface area contributed by atoms with Crippen LogP contribution in [0.15, 0.2) is 18.2 Å². The van der Waals surface area contributed by atoms with Crippen molar-refractivity contribution in [2.75, 3.05) is 6.61 Å². The minimum atomic E-state index is -0.308. The van der Waals surface area contributed by atoms with Gasteiger partial charge in [-0.25, -0.2) is 4.39 Å². The van der Waals surface area contributed by atoms with Gasteiger partial charge in [0.25, 0.3) is 0 Å². The first-order chi connectivity index (χ1) is 9.69. The summed E-state index contributed by atoms with van der Waals surface area (Å²) in [6.07, 6.45) is 7.22. The fraction of sp³-hybridized carbons (Fsp3) is 0.625. The van der Waals surface area contributed by atoms with Crippen molar-refractivity contribution >= 4 is 11.6 Å². The average molecular weight is 299 g/mol. The average Bonchev–Trinajstić information content (AvgIpc) is 3.07. The lowest BCUT2D eigenvalue weighted by Gasteiger charge is -2.23. The zero-order chi connectivity index (χ0) is 14.0. The summed E-state index contributed by atoms with van der Waals surface area (Å²) in [5, 5.41) is 0.